The van der Waals surface area contributed by atoms with E-state index in [0.717, 1.165) is 24.8 Å². The van der Waals surface area contributed by atoms with Crippen molar-refractivity contribution in [3.63, 3.8) is 0 Å². The second-order valence-corrected chi connectivity index (χ2v) is 10.3. The average Bonchev–Trinajstić information content (AvgIpc) is 3.21. The van der Waals surface area contributed by atoms with E-state index in [9.17, 15) is 18.1 Å². The van der Waals surface area contributed by atoms with Gasteiger partial charge in [-0.2, -0.15) is 5.26 Å². The highest BCUT2D eigenvalue weighted by atomic mass is 35.5. The van der Waals surface area contributed by atoms with Crippen molar-refractivity contribution in [2.75, 3.05) is 7.11 Å². The minimum Gasteiger partial charge on any atom is -0.350 e. The Bertz CT molecular complexity index is 1480. The number of aromatic nitrogens is 1. The van der Waals surface area contributed by atoms with Gasteiger partial charge in [-0.05, 0) is 48.0 Å². The van der Waals surface area contributed by atoms with Gasteiger partial charge in [0.05, 0.1) is 16.9 Å². The molecule has 2 N–H and O–H groups in total. The largest absolute Gasteiger partial charge is 0.350 e. The van der Waals surface area contributed by atoms with Gasteiger partial charge < -0.3 is 14.8 Å². The van der Waals surface area contributed by atoms with E-state index in [1.165, 1.54) is 6.07 Å². The predicted octanol–water partition coefficient (Wildman–Crippen LogP) is 4.78. The fourth-order valence-electron chi connectivity index (χ4n) is 3.62. The molecule has 0 saturated heterocycles. The Hall–Kier alpha value is -3.50. The Balaban J connectivity index is 1.82. The molecule has 1 unspecified atom stereocenters. The standard InChI is InChI=1S/C24H17ClF2N3O3P/c1-33-34(32,19-10-17(26)9-18(27)11-19)23-20-8-16(25)6-7-21(20)30-22(23)24(31)29-13-15-4-2-14(12-28)3-5-15/h2-11,30H,13H2,1H3,(H,29,31). The van der Waals surface area contributed by atoms with Crippen molar-refractivity contribution in [1.82, 2.24) is 10.3 Å². The van der Waals surface area contributed by atoms with Gasteiger partial charge in [0.15, 0.2) is 0 Å². The molecular weight excluding hydrogens is 483 g/mol. The van der Waals surface area contributed by atoms with Crippen molar-refractivity contribution < 1.29 is 22.7 Å². The first-order valence-corrected chi connectivity index (χ1v) is 12.0. The van der Waals surface area contributed by atoms with E-state index >= 15 is 0 Å². The number of fused-ring (bicyclic) bond motifs is 1. The summed E-state index contributed by atoms with van der Waals surface area (Å²) >= 11 is 6.15. The second kappa shape index (κ2) is 9.40. The minimum atomic E-state index is -4.14. The maximum absolute atomic E-state index is 14.1. The Labute approximate surface area is 198 Å². The van der Waals surface area contributed by atoms with E-state index in [0.29, 0.717) is 27.6 Å². The van der Waals surface area contributed by atoms with Crippen molar-refractivity contribution >= 4 is 46.4 Å². The number of amides is 1. The van der Waals surface area contributed by atoms with Crippen LogP contribution in [0.1, 0.15) is 21.6 Å². The third kappa shape index (κ3) is 4.46. The molecule has 172 valence electrons. The summed E-state index contributed by atoms with van der Waals surface area (Å²) in [6.07, 6.45) is 0. The lowest BCUT2D eigenvalue weighted by Gasteiger charge is -2.18. The second-order valence-electron chi connectivity index (χ2n) is 7.39. The van der Waals surface area contributed by atoms with Gasteiger partial charge in [-0.25, -0.2) is 8.78 Å². The number of hydrogen-bond acceptors (Lipinski definition) is 4. The van der Waals surface area contributed by atoms with Crippen molar-refractivity contribution in [1.29, 1.82) is 5.26 Å². The van der Waals surface area contributed by atoms with Gasteiger partial charge in [0.1, 0.15) is 17.3 Å². The number of nitrogens with one attached hydrogen (secondary N) is 2. The lowest BCUT2D eigenvalue weighted by atomic mass is 10.1. The highest BCUT2D eigenvalue weighted by Gasteiger charge is 2.36. The molecule has 6 nitrogen and oxygen atoms in total. The molecule has 3 aromatic carbocycles. The zero-order valence-corrected chi connectivity index (χ0v) is 19.4. The van der Waals surface area contributed by atoms with Gasteiger partial charge in [0.2, 0.25) is 0 Å². The van der Waals surface area contributed by atoms with Crippen LogP contribution in [0, 0.1) is 23.0 Å². The van der Waals surface area contributed by atoms with Crippen LogP contribution in [0.2, 0.25) is 5.02 Å². The third-order valence-corrected chi connectivity index (χ3v) is 7.98. The van der Waals surface area contributed by atoms with Crippen LogP contribution in [0.4, 0.5) is 8.78 Å². The molecular formula is C24H17ClF2N3O3P. The summed E-state index contributed by atoms with van der Waals surface area (Å²) in [4.78, 5) is 16.1. The molecule has 0 aliphatic rings. The fraction of sp³-hybridized carbons (Fsp3) is 0.0833. The smallest absolute Gasteiger partial charge is 0.268 e. The minimum absolute atomic E-state index is 0.0465. The Morgan fingerprint density at radius 2 is 1.79 bits per heavy atom. The normalized spacial score (nSPS) is 12.8. The van der Waals surface area contributed by atoms with E-state index in [-0.39, 0.29) is 22.8 Å². The number of carbonyl (C=O) groups is 1. The first kappa shape index (κ1) is 23.7. The molecule has 4 aromatic rings. The van der Waals surface area contributed by atoms with Crippen LogP contribution >= 0.6 is 19.0 Å². The summed E-state index contributed by atoms with van der Waals surface area (Å²) < 4.78 is 47.5. The lowest BCUT2D eigenvalue weighted by molar-refractivity contribution is 0.0947. The highest BCUT2D eigenvalue weighted by Crippen LogP contribution is 2.47. The zero-order valence-electron chi connectivity index (χ0n) is 17.7. The van der Waals surface area contributed by atoms with Crippen LogP contribution in [0.15, 0.2) is 60.7 Å². The Morgan fingerprint density at radius 1 is 1.12 bits per heavy atom. The van der Waals surface area contributed by atoms with Gasteiger partial charge in [0.25, 0.3) is 13.3 Å². The van der Waals surface area contributed by atoms with Gasteiger partial charge in [-0.1, -0.05) is 23.7 Å². The summed E-state index contributed by atoms with van der Waals surface area (Å²) in [6.45, 7) is 0.117. The van der Waals surface area contributed by atoms with E-state index < -0.39 is 24.9 Å². The molecule has 0 aliphatic heterocycles. The molecule has 0 aliphatic carbocycles. The number of rotatable bonds is 6. The molecule has 10 heteroatoms. The number of benzene rings is 3. The summed E-state index contributed by atoms with van der Waals surface area (Å²) in [5, 5.41) is 12.0. The molecule has 1 amide bonds. The number of nitrogens with zero attached hydrogens (tertiary/aromatic N) is 1. The molecule has 0 spiro atoms. The number of carbonyl (C=O) groups excluding carboxylic acids is 1. The molecule has 0 radical (unpaired) electrons. The maximum Gasteiger partial charge on any atom is 0.268 e. The topological polar surface area (TPSA) is 95.0 Å². The zero-order chi connectivity index (χ0) is 24.5. The van der Waals surface area contributed by atoms with Gasteiger partial charge >= 0.3 is 0 Å². The van der Waals surface area contributed by atoms with E-state index in [1.54, 1.807) is 36.4 Å². The fourth-order valence-corrected chi connectivity index (χ4v) is 5.99. The maximum atomic E-state index is 14.1. The van der Waals surface area contributed by atoms with Crippen LogP contribution < -0.4 is 15.9 Å². The van der Waals surface area contributed by atoms with Crippen molar-refractivity contribution in [3.05, 3.63) is 94.1 Å². The third-order valence-electron chi connectivity index (χ3n) is 5.24. The molecule has 0 saturated carbocycles. The molecule has 1 atom stereocenters. The van der Waals surface area contributed by atoms with Crippen LogP contribution in [-0.4, -0.2) is 18.0 Å². The van der Waals surface area contributed by atoms with E-state index in [4.69, 9.17) is 21.4 Å². The molecule has 0 fully saturated rings. The van der Waals surface area contributed by atoms with Gasteiger partial charge in [-0.3, -0.25) is 9.36 Å². The molecule has 1 aromatic heterocycles. The number of halogens is 3. The summed E-state index contributed by atoms with van der Waals surface area (Å²) in [6, 6.07) is 15.8. The van der Waals surface area contributed by atoms with Crippen molar-refractivity contribution in [3.8, 4) is 6.07 Å². The monoisotopic (exact) mass is 499 g/mol. The quantitative estimate of drug-likeness (QED) is 0.373. The molecule has 1 heterocycles. The van der Waals surface area contributed by atoms with Gasteiger partial charge in [0, 0.05) is 41.0 Å². The Kier molecular flexibility index (Phi) is 6.54. The molecule has 34 heavy (non-hydrogen) atoms. The first-order valence-electron chi connectivity index (χ1n) is 9.96. The van der Waals surface area contributed by atoms with Crippen LogP contribution in [-0.2, 0) is 15.6 Å². The number of nitriles is 1. The SMILES string of the molecule is COP(=O)(c1cc(F)cc(F)c1)c1c(C(=O)NCc2ccc(C#N)cc2)[nH]c2ccc(Cl)cc12. The first-order chi connectivity index (χ1) is 16.2. The number of hydrogen-bond donors (Lipinski definition) is 2. The Morgan fingerprint density at radius 3 is 2.41 bits per heavy atom. The van der Waals surface area contributed by atoms with Crippen molar-refractivity contribution in [2.24, 2.45) is 0 Å². The lowest BCUT2D eigenvalue weighted by Crippen LogP contribution is -2.30. The van der Waals surface area contributed by atoms with Crippen LogP contribution in [0.25, 0.3) is 10.9 Å². The van der Waals surface area contributed by atoms with E-state index in [1.807, 2.05) is 6.07 Å². The summed E-state index contributed by atoms with van der Waals surface area (Å²) in [5.41, 5.74) is 1.57. The van der Waals surface area contributed by atoms with Crippen molar-refractivity contribution in [2.45, 2.75) is 6.54 Å². The number of H-pyrrole nitrogens is 1. The van der Waals surface area contributed by atoms with Crippen LogP contribution in [0.5, 0.6) is 0 Å². The molecule has 4 rings (SSSR count). The average molecular weight is 500 g/mol. The highest BCUT2D eigenvalue weighted by molar-refractivity contribution is 7.75. The van der Waals surface area contributed by atoms with E-state index in [2.05, 4.69) is 10.3 Å². The number of aromatic amines is 1. The summed E-state index contributed by atoms with van der Waals surface area (Å²) in [7, 11) is -3.00. The summed E-state index contributed by atoms with van der Waals surface area (Å²) in [5.74, 6) is -2.48. The van der Waals surface area contributed by atoms with Gasteiger partial charge in [-0.15, -0.1) is 0 Å². The van der Waals surface area contributed by atoms with Crippen LogP contribution in [0.3, 0.4) is 0 Å². The molecule has 0 bridgehead atoms. The predicted molar refractivity (Wildman–Crippen MR) is 126 cm³/mol.